The van der Waals surface area contributed by atoms with Gasteiger partial charge in [-0.05, 0) is 53.4 Å². The molecule has 3 heterocycles. The molecule has 4 aromatic rings. The largest absolute Gasteiger partial charge is 0.497 e. The third-order valence-corrected chi connectivity index (χ3v) is 8.31. The molecule has 2 bridgehead atoms. The third kappa shape index (κ3) is 4.83. The number of hydrogen-bond donors (Lipinski definition) is 1. The Hall–Kier alpha value is -4.87. The van der Waals surface area contributed by atoms with Crippen molar-refractivity contribution < 1.29 is 23.7 Å². The molecular weight excluding hydrogens is 566 g/mol. The monoisotopic (exact) mass is 597 g/mol. The van der Waals surface area contributed by atoms with Gasteiger partial charge in [0.1, 0.15) is 34.8 Å². The van der Waals surface area contributed by atoms with Crippen LogP contribution in [0, 0.1) is 6.92 Å². The number of aromatic amines is 1. The molecule has 12 nitrogen and oxygen atoms in total. The van der Waals surface area contributed by atoms with E-state index in [-0.39, 0.29) is 13.2 Å². The minimum Gasteiger partial charge on any atom is -0.497 e. The molecule has 0 saturated carbocycles. The molecule has 226 valence electrons. The first-order chi connectivity index (χ1) is 21.3. The zero-order valence-corrected chi connectivity index (χ0v) is 24.4. The number of rotatable bonds is 10. The molecule has 0 radical (unpaired) electrons. The summed E-state index contributed by atoms with van der Waals surface area (Å²) in [6, 6.07) is 24.1. The minimum atomic E-state index is -1.25. The van der Waals surface area contributed by atoms with Gasteiger partial charge in [-0.1, -0.05) is 59.7 Å². The summed E-state index contributed by atoms with van der Waals surface area (Å²) in [4.78, 5) is 30.3. The summed E-state index contributed by atoms with van der Waals surface area (Å²) in [5, 5.41) is 4.06. The Balaban J connectivity index is 1.47. The Morgan fingerprint density at radius 1 is 0.977 bits per heavy atom. The van der Waals surface area contributed by atoms with Crippen molar-refractivity contribution in [2.24, 2.45) is 5.11 Å². The molecule has 4 atom stereocenters. The van der Waals surface area contributed by atoms with Crippen LogP contribution in [0.4, 0.5) is 0 Å². The third-order valence-electron chi connectivity index (χ3n) is 8.31. The Bertz CT molecular complexity index is 1750. The summed E-state index contributed by atoms with van der Waals surface area (Å²) >= 11 is 0. The number of aryl methyl sites for hydroxylation is 1. The molecule has 12 heteroatoms. The topological polar surface area (TPSA) is 150 Å². The van der Waals surface area contributed by atoms with Gasteiger partial charge in [-0.3, -0.25) is 14.3 Å². The zero-order valence-electron chi connectivity index (χ0n) is 24.4. The average Bonchev–Trinajstić information content (AvgIpc) is 3.55. The Morgan fingerprint density at radius 3 is 2.14 bits per heavy atom. The Labute approximate surface area is 252 Å². The molecule has 0 spiro atoms. The second-order valence-electron chi connectivity index (χ2n) is 10.8. The van der Waals surface area contributed by atoms with E-state index < -0.39 is 40.8 Å². The van der Waals surface area contributed by atoms with Crippen molar-refractivity contribution in [3.8, 4) is 11.5 Å². The first-order valence-electron chi connectivity index (χ1n) is 14.0. The lowest BCUT2D eigenvalue weighted by molar-refractivity contribution is -0.201. The molecule has 0 aliphatic carbocycles. The SMILES string of the molecule is COc1ccc(C(OC[C@@]23CO[C@@H]([C@H](n4cc(C)c(=O)[nH]c4=O)O2)[C@@H]3N=[N+]=[N-])(c2ccccc2)c2ccc(OC)cc2)cc1. The van der Waals surface area contributed by atoms with E-state index in [0.717, 1.165) is 16.7 Å². The average molecular weight is 598 g/mol. The summed E-state index contributed by atoms with van der Waals surface area (Å²) in [5.41, 5.74) is 8.74. The van der Waals surface area contributed by atoms with Crippen LogP contribution in [0.5, 0.6) is 11.5 Å². The normalized spacial score (nSPS) is 22.4. The smallest absolute Gasteiger partial charge is 0.330 e. The maximum Gasteiger partial charge on any atom is 0.330 e. The second-order valence-corrected chi connectivity index (χ2v) is 10.8. The lowest BCUT2D eigenvalue weighted by Gasteiger charge is -2.40. The standard InChI is InChI=1S/C32H31N5O7/c1-20-17-37(30(39)34-28(20)38)29-26-27(35-36-33)31(44-29,18-42-26)19-43-32(21-7-5-4-6-8-21,22-9-13-24(40-2)14-10-22)23-11-15-25(41-3)16-12-23/h4-17,26-27,29H,18-19H2,1-3H3,(H,34,38,39)/t26-,27+,29-,31-/m1/s1. The molecule has 0 amide bonds. The maximum absolute atomic E-state index is 12.8. The quantitative estimate of drug-likeness (QED) is 0.124. The zero-order chi connectivity index (χ0) is 30.9. The number of hydrogen-bond acceptors (Lipinski definition) is 8. The summed E-state index contributed by atoms with van der Waals surface area (Å²) < 4.78 is 31.8. The second kappa shape index (κ2) is 11.7. The fraction of sp³-hybridized carbons (Fsp3) is 0.312. The molecular formula is C32H31N5O7. The molecule has 2 aliphatic rings. The van der Waals surface area contributed by atoms with Gasteiger partial charge in [0.05, 0.1) is 27.4 Å². The number of H-pyrrole nitrogens is 1. The van der Waals surface area contributed by atoms with Crippen LogP contribution in [0.25, 0.3) is 10.4 Å². The van der Waals surface area contributed by atoms with Gasteiger partial charge in [0.2, 0.25) is 0 Å². The number of azide groups is 1. The van der Waals surface area contributed by atoms with Crippen LogP contribution < -0.4 is 20.7 Å². The number of nitrogens with zero attached hydrogens (tertiary/aromatic N) is 4. The maximum atomic E-state index is 12.8. The van der Waals surface area contributed by atoms with Gasteiger partial charge < -0.3 is 23.7 Å². The van der Waals surface area contributed by atoms with Crippen LogP contribution in [0.15, 0.2) is 99.8 Å². The molecule has 2 fully saturated rings. The number of aromatic nitrogens is 2. The van der Waals surface area contributed by atoms with Crippen molar-refractivity contribution >= 4 is 0 Å². The van der Waals surface area contributed by atoms with E-state index in [1.54, 1.807) is 21.1 Å². The molecule has 2 aliphatic heterocycles. The lowest BCUT2D eigenvalue weighted by atomic mass is 9.79. The minimum absolute atomic E-state index is 0.0605. The van der Waals surface area contributed by atoms with Crippen molar-refractivity contribution in [2.75, 3.05) is 27.4 Å². The predicted molar refractivity (Wildman–Crippen MR) is 160 cm³/mol. The fourth-order valence-electron chi connectivity index (χ4n) is 6.05. The van der Waals surface area contributed by atoms with E-state index in [1.807, 2.05) is 78.9 Å². The highest BCUT2D eigenvalue weighted by atomic mass is 16.6. The number of benzene rings is 3. The van der Waals surface area contributed by atoms with E-state index >= 15 is 0 Å². The highest BCUT2D eigenvalue weighted by Gasteiger charge is 2.63. The number of ether oxygens (including phenoxy) is 5. The van der Waals surface area contributed by atoms with Crippen LogP contribution in [-0.4, -0.2) is 54.7 Å². The van der Waals surface area contributed by atoms with E-state index in [1.165, 1.54) is 10.8 Å². The molecule has 3 aromatic carbocycles. The summed E-state index contributed by atoms with van der Waals surface area (Å²) in [6.45, 7) is 1.57. The molecule has 0 unspecified atom stereocenters. The van der Waals surface area contributed by atoms with Crippen LogP contribution in [0.1, 0.15) is 28.5 Å². The van der Waals surface area contributed by atoms with Gasteiger partial charge in [0.15, 0.2) is 6.23 Å². The van der Waals surface area contributed by atoms with Gasteiger partial charge in [0.25, 0.3) is 5.56 Å². The highest BCUT2D eigenvalue weighted by Crippen LogP contribution is 2.49. The molecule has 6 rings (SSSR count). The van der Waals surface area contributed by atoms with Gasteiger partial charge >= 0.3 is 5.69 Å². The number of nitrogens with one attached hydrogen (secondary N) is 1. The molecule has 1 N–H and O–H groups in total. The fourth-order valence-corrected chi connectivity index (χ4v) is 6.05. The number of fused-ring (bicyclic) bond motifs is 2. The first kappa shape index (κ1) is 29.2. The van der Waals surface area contributed by atoms with Gasteiger partial charge in [-0.15, -0.1) is 0 Å². The summed E-state index contributed by atoms with van der Waals surface area (Å²) in [5.74, 6) is 1.37. The lowest BCUT2D eigenvalue weighted by Crippen LogP contribution is -2.48. The van der Waals surface area contributed by atoms with E-state index in [9.17, 15) is 15.1 Å². The van der Waals surface area contributed by atoms with E-state index in [0.29, 0.717) is 17.1 Å². The number of methoxy groups -OCH3 is 2. The van der Waals surface area contributed by atoms with Crippen molar-refractivity contribution in [3.05, 3.63) is 139 Å². The van der Waals surface area contributed by atoms with Crippen molar-refractivity contribution in [2.45, 2.75) is 36.5 Å². The van der Waals surface area contributed by atoms with Crippen LogP contribution in [-0.2, 0) is 19.8 Å². The summed E-state index contributed by atoms with van der Waals surface area (Å²) in [7, 11) is 3.21. The van der Waals surface area contributed by atoms with E-state index in [2.05, 4.69) is 15.0 Å². The first-order valence-corrected chi connectivity index (χ1v) is 14.0. The van der Waals surface area contributed by atoms with Crippen LogP contribution >= 0.6 is 0 Å². The van der Waals surface area contributed by atoms with Crippen molar-refractivity contribution in [3.63, 3.8) is 0 Å². The van der Waals surface area contributed by atoms with Gasteiger partial charge in [-0.2, -0.15) is 0 Å². The van der Waals surface area contributed by atoms with Gasteiger partial charge in [-0.25, -0.2) is 4.79 Å². The van der Waals surface area contributed by atoms with Crippen LogP contribution in [0.2, 0.25) is 0 Å². The van der Waals surface area contributed by atoms with E-state index in [4.69, 9.17) is 23.7 Å². The predicted octanol–water partition coefficient (Wildman–Crippen LogP) is 4.22. The van der Waals surface area contributed by atoms with Crippen molar-refractivity contribution in [1.29, 1.82) is 0 Å². The van der Waals surface area contributed by atoms with Crippen LogP contribution in [0.3, 0.4) is 0 Å². The van der Waals surface area contributed by atoms with Crippen molar-refractivity contribution in [1.82, 2.24) is 9.55 Å². The summed E-state index contributed by atoms with van der Waals surface area (Å²) in [6.07, 6.45) is -0.329. The van der Waals surface area contributed by atoms with Gasteiger partial charge in [0, 0.05) is 16.7 Å². The Morgan fingerprint density at radius 2 is 1.57 bits per heavy atom. The molecule has 1 aromatic heterocycles. The molecule has 2 saturated heterocycles. The highest BCUT2D eigenvalue weighted by molar-refractivity contribution is 5.49. The molecule has 44 heavy (non-hydrogen) atoms. The Kier molecular flexibility index (Phi) is 7.74.